The number of nitrogen functional groups attached to an aromatic ring is 1. The van der Waals surface area contributed by atoms with Gasteiger partial charge in [-0.25, -0.2) is 9.97 Å². The monoisotopic (exact) mass is 287 g/mol. The number of anilines is 1. The quantitative estimate of drug-likeness (QED) is 0.915. The Hall–Kier alpha value is -0.880. The molecule has 0 aliphatic carbocycles. The fraction of sp³-hybridized carbons (Fsp3) is 0.600. The summed E-state index contributed by atoms with van der Waals surface area (Å²) < 4.78 is 11.5. The van der Waals surface area contributed by atoms with E-state index in [4.69, 9.17) is 15.2 Å². The van der Waals surface area contributed by atoms with Crippen molar-refractivity contribution in [2.24, 2.45) is 5.92 Å². The molecule has 2 rings (SSSR count). The SMILES string of the molecule is Nc1ncnc(OCC2CCOCC2)c1Br. The summed E-state index contributed by atoms with van der Waals surface area (Å²) in [6.07, 6.45) is 3.48. The van der Waals surface area contributed by atoms with E-state index in [0.29, 0.717) is 28.7 Å². The zero-order valence-electron chi connectivity index (χ0n) is 8.86. The van der Waals surface area contributed by atoms with Crippen LogP contribution in [0, 0.1) is 5.92 Å². The summed E-state index contributed by atoms with van der Waals surface area (Å²) >= 11 is 3.31. The van der Waals surface area contributed by atoms with Crippen LogP contribution in [0.3, 0.4) is 0 Å². The second kappa shape index (κ2) is 5.45. The van der Waals surface area contributed by atoms with Crippen LogP contribution >= 0.6 is 15.9 Å². The molecule has 88 valence electrons. The van der Waals surface area contributed by atoms with E-state index in [1.165, 1.54) is 6.33 Å². The topological polar surface area (TPSA) is 70.3 Å². The van der Waals surface area contributed by atoms with Crippen molar-refractivity contribution in [2.75, 3.05) is 25.6 Å². The molecular formula is C10H14BrN3O2. The number of nitrogens with zero attached hydrogens (tertiary/aromatic N) is 2. The molecule has 0 aromatic carbocycles. The molecule has 5 nitrogen and oxygen atoms in total. The van der Waals surface area contributed by atoms with Gasteiger partial charge in [-0.2, -0.15) is 0 Å². The number of nitrogens with two attached hydrogens (primary N) is 1. The van der Waals surface area contributed by atoms with Gasteiger partial charge >= 0.3 is 0 Å². The van der Waals surface area contributed by atoms with Gasteiger partial charge in [0.2, 0.25) is 5.88 Å². The average molecular weight is 288 g/mol. The first kappa shape index (κ1) is 11.6. The minimum Gasteiger partial charge on any atom is -0.476 e. The predicted molar refractivity (Wildman–Crippen MR) is 63.2 cm³/mol. The van der Waals surface area contributed by atoms with Crippen LogP contribution < -0.4 is 10.5 Å². The minimum atomic E-state index is 0.400. The molecule has 0 atom stereocenters. The summed E-state index contributed by atoms with van der Waals surface area (Å²) in [6.45, 7) is 2.29. The Kier molecular flexibility index (Phi) is 3.95. The van der Waals surface area contributed by atoms with Crippen molar-refractivity contribution >= 4 is 21.7 Å². The van der Waals surface area contributed by atoms with E-state index in [9.17, 15) is 0 Å². The maximum atomic E-state index is 5.63. The normalized spacial score (nSPS) is 17.3. The van der Waals surface area contributed by atoms with Crippen molar-refractivity contribution in [3.63, 3.8) is 0 Å². The van der Waals surface area contributed by atoms with E-state index >= 15 is 0 Å². The summed E-state index contributed by atoms with van der Waals surface area (Å²) in [5.41, 5.74) is 5.63. The van der Waals surface area contributed by atoms with Gasteiger partial charge in [0, 0.05) is 13.2 Å². The number of rotatable bonds is 3. The Morgan fingerprint density at radius 2 is 2.19 bits per heavy atom. The van der Waals surface area contributed by atoms with Crippen molar-refractivity contribution in [1.82, 2.24) is 9.97 Å². The lowest BCUT2D eigenvalue weighted by Gasteiger charge is -2.21. The molecule has 0 saturated carbocycles. The van der Waals surface area contributed by atoms with Gasteiger partial charge in [-0.05, 0) is 34.7 Å². The molecule has 16 heavy (non-hydrogen) atoms. The summed E-state index contributed by atoms with van der Waals surface area (Å²) in [5.74, 6) is 1.45. The van der Waals surface area contributed by atoms with E-state index in [1.54, 1.807) is 0 Å². The van der Waals surface area contributed by atoms with Crippen molar-refractivity contribution < 1.29 is 9.47 Å². The Morgan fingerprint density at radius 3 is 2.94 bits per heavy atom. The molecule has 0 amide bonds. The third-order valence-corrected chi connectivity index (χ3v) is 3.33. The zero-order valence-corrected chi connectivity index (χ0v) is 10.4. The van der Waals surface area contributed by atoms with Crippen LogP contribution in [0.4, 0.5) is 5.82 Å². The maximum absolute atomic E-state index is 5.63. The van der Waals surface area contributed by atoms with Crippen LogP contribution in [0.5, 0.6) is 5.88 Å². The van der Waals surface area contributed by atoms with Gasteiger partial charge in [-0.15, -0.1) is 0 Å². The number of aromatic nitrogens is 2. The lowest BCUT2D eigenvalue weighted by molar-refractivity contribution is 0.0489. The molecule has 1 aliphatic rings. The van der Waals surface area contributed by atoms with Crippen LogP contribution in [0.15, 0.2) is 10.8 Å². The molecule has 0 spiro atoms. The van der Waals surface area contributed by atoms with Crippen LogP contribution in [0.1, 0.15) is 12.8 Å². The maximum Gasteiger partial charge on any atom is 0.233 e. The molecule has 1 fully saturated rings. The molecule has 1 aromatic rings. The highest BCUT2D eigenvalue weighted by atomic mass is 79.9. The molecule has 0 bridgehead atoms. The van der Waals surface area contributed by atoms with Crippen LogP contribution in [0.2, 0.25) is 0 Å². The fourth-order valence-corrected chi connectivity index (χ4v) is 1.90. The predicted octanol–water partition coefficient (Wildman–Crippen LogP) is 1.63. The Morgan fingerprint density at radius 1 is 1.44 bits per heavy atom. The molecule has 1 saturated heterocycles. The smallest absolute Gasteiger partial charge is 0.233 e. The van der Waals surface area contributed by atoms with Gasteiger partial charge < -0.3 is 15.2 Å². The second-order valence-electron chi connectivity index (χ2n) is 3.74. The fourth-order valence-electron chi connectivity index (χ4n) is 1.58. The molecule has 0 unspecified atom stereocenters. The molecule has 6 heteroatoms. The Bertz CT molecular complexity index is 356. The first-order valence-corrected chi connectivity index (χ1v) is 6.03. The largest absolute Gasteiger partial charge is 0.476 e. The highest BCUT2D eigenvalue weighted by Gasteiger charge is 2.16. The lowest BCUT2D eigenvalue weighted by Crippen LogP contribution is -2.21. The molecule has 2 heterocycles. The van der Waals surface area contributed by atoms with Crippen molar-refractivity contribution in [1.29, 1.82) is 0 Å². The Labute approximate surface area is 102 Å². The van der Waals surface area contributed by atoms with E-state index < -0.39 is 0 Å². The zero-order chi connectivity index (χ0) is 11.4. The minimum absolute atomic E-state index is 0.400. The second-order valence-corrected chi connectivity index (χ2v) is 4.54. The van der Waals surface area contributed by atoms with Gasteiger partial charge in [0.25, 0.3) is 0 Å². The highest BCUT2D eigenvalue weighted by Crippen LogP contribution is 2.27. The first-order chi connectivity index (χ1) is 7.77. The molecule has 0 radical (unpaired) electrons. The first-order valence-electron chi connectivity index (χ1n) is 5.24. The number of hydrogen-bond acceptors (Lipinski definition) is 5. The molecule has 2 N–H and O–H groups in total. The highest BCUT2D eigenvalue weighted by molar-refractivity contribution is 9.10. The average Bonchev–Trinajstić information content (AvgIpc) is 2.32. The van der Waals surface area contributed by atoms with Crippen molar-refractivity contribution in [3.8, 4) is 5.88 Å². The standard InChI is InChI=1S/C10H14BrN3O2/c11-8-9(12)13-6-14-10(8)16-5-7-1-3-15-4-2-7/h6-7H,1-5H2,(H2,12,13,14). The van der Waals surface area contributed by atoms with Crippen molar-refractivity contribution in [2.45, 2.75) is 12.8 Å². The van der Waals surface area contributed by atoms with E-state index in [2.05, 4.69) is 25.9 Å². The van der Waals surface area contributed by atoms with Gasteiger partial charge in [-0.1, -0.05) is 0 Å². The van der Waals surface area contributed by atoms with E-state index in [-0.39, 0.29) is 0 Å². The van der Waals surface area contributed by atoms with Crippen LogP contribution in [-0.2, 0) is 4.74 Å². The van der Waals surface area contributed by atoms with Crippen LogP contribution in [-0.4, -0.2) is 29.8 Å². The van der Waals surface area contributed by atoms with Gasteiger partial charge in [-0.3, -0.25) is 0 Å². The summed E-state index contributed by atoms with van der Waals surface area (Å²) in [5, 5.41) is 0. The number of ether oxygens (including phenoxy) is 2. The van der Waals surface area contributed by atoms with E-state index in [1.807, 2.05) is 0 Å². The van der Waals surface area contributed by atoms with Crippen LogP contribution in [0.25, 0.3) is 0 Å². The molecule has 1 aromatic heterocycles. The van der Waals surface area contributed by atoms with Gasteiger partial charge in [0.1, 0.15) is 16.6 Å². The number of hydrogen-bond donors (Lipinski definition) is 1. The summed E-state index contributed by atoms with van der Waals surface area (Å²) in [6, 6.07) is 0. The molecule has 1 aliphatic heterocycles. The summed E-state index contributed by atoms with van der Waals surface area (Å²) in [4.78, 5) is 7.89. The third-order valence-electron chi connectivity index (χ3n) is 2.58. The third kappa shape index (κ3) is 2.82. The number of halogens is 1. The van der Waals surface area contributed by atoms with E-state index in [0.717, 1.165) is 26.1 Å². The lowest BCUT2D eigenvalue weighted by atomic mass is 10.0. The van der Waals surface area contributed by atoms with Crippen molar-refractivity contribution in [3.05, 3.63) is 10.8 Å². The Balaban J connectivity index is 1.91. The van der Waals surface area contributed by atoms with Gasteiger partial charge in [0.15, 0.2) is 0 Å². The molecular weight excluding hydrogens is 274 g/mol. The summed E-state index contributed by atoms with van der Waals surface area (Å²) in [7, 11) is 0. The van der Waals surface area contributed by atoms with Gasteiger partial charge in [0.05, 0.1) is 6.61 Å².